The van der Waals surface area contributed by atoms with Gasteiger partial charge in [0.15, 0.2) is 0 Å². The molecule has 4 rings (SSSR count). The number of rotatable bonds is 5. The summed E-state index contributed by atoms with van der Waals surface area (Å²) in [5, 5.41) is 0. The highest BCUT2D eigenvalue weighted by Gasteiger charge is 2.26. The lowest BCUT2D eigenvalue weighted by Gasteiger charge is -2.35. The van der Waals surface area contributed by atoms with Gasteiger partial charge in [0.2, 0.25) is 5.89 Å². The molecule has 1 fully saturated rings. The maximum atomic E-state index is 6.10. The molecule has 29 heavy (non-hydrogen) atoms. The van der Waals surface area contributed by atoms with Crippen LogP contribution >= 0.6 is 0 Å². The van der Waals surface area contributed by atoms with Crippen LogP contribution in [0, 0.1) is 20.8 Å². The molecule has 1 aliphatic heterocycles. The van der Waals surface area contributed by atoms with Crippen LogP contribution < -0.4 is 4.74 Å². The summed E-state index contributed by atoms with van der Waals surface area (Å²) in [6.07, 6.45) is 7.46. The number of aromatic nitrogens is 2. The second-order valence-corrected chi connectivity index (χ2v) is 7.86. The van der Waals surface area contributed by atoms with Gasteiger partial charge in [-0.1, -0.05) is 12.5 Å². The van der Waals surface area contributed by atoms with E-state index in [0.29, 0.717) is 11.9 Å². The van der Waals surface area contributed by atoms with Crippen LogP contribution in [0.5, 0.6) is 5.75 Å². The topological polar surface area (TPSA) is 51.4 Å². The summed E-state index contributed by atoms with van der Waals surface area (Å²) in [5.74, 6) is 2.47. The number of benzene rings is 1. The summed E-state index contributed by atoms with van der Waals surface area (Å²) >= 11 is 0. The summed E-state index contributed by atoms with van der Waals surface area (Å²) in [6, 6.07) is 8.62. The lowest BCUT2D eigenvalue weighted by molar-refractivity contribution is 0.138. The van der Waals surface area contributed by atoms with Crippen LogP contribution in [-0.2, 0) is 6.54 Å². The summed E-state index contributed by atoms with van der Waals surface area (Å²) in [5.41, 5.74) is 5.59. The molecule has 1 atom stereocenters. The van der Waals surface area contributed by atoms with Crippen LogP contribution in [0.25, 0.3) is 11.5 Å². The molecule has 5 heteroatoms. The molecule has 1 aliphatic rings. The van der Waals surface area contributed by atoms with Gasteiger partial charge in [-0.05, 0) is 75.0 Å². The zero-order valence-corrected chi connectivity index (χ0v) is 17.7. The number of methoxy groups -OCH3 is 1. The van der Waals surface area contributed by atoms with Crippen molar-refractivity contribution < 1.29 is 9.15 Å². The molecule has 1 saturated heterocycles. The van der Waals surface area contributed by atoms with E-state index in [9.17, 15) is 0 Å². The Bertz CT molecular complexity index is 981. The first-order chi connectivity index (χ1) is 14.1. The SMILES string of the molecule is COc1ccc(-c2nc(CN3CCCC[C@@H]3c3cccnc3)c(C)o2)c(C)c1C. The van der Waals surface area contributed by atoms with Gasteiger partial charge in [-0.2, -0.15) is 0 Å². The summed E-state index contributed by atoms with van der Waals surface area (Å²) in [4.78, 5) is 11.7. The highest BCUT2D eigenvalue weighted by atomic mass is 16.5. The van der Waals surface area contributed by atoms with Crippen molar-refractivity contribution in [2.24, 2.45) is 0 Å². The first-order valence-electron chi connectivity index (χ1n) is 10.3. The largest absolute Gasteiger partial charge is 0.496 e. The minimum absolute atomic E-state index is 0.391. The molecule has 0 unspecified atom stereocenters. The Morgan fingerprint density at radius 1 is 1.14 bits per heavy atom. The monoisotopic (exact) mass is 391 g/mol. The predicted octanol–water partition coefficient (Wildman–Crippen LogP) is 5.40. The number of pyridine rings is 1. The van der Waals surface area contributed by atoms with Crippen LogP contribution in [0.1, 0.15) is 53.4 Å². The third-order valence-electron chi connectivity index (χ3n) is 6.12. The number of piperidine rings is 1. The van der Waals surface area contributed by atoms with Crippen molar-refractivity contribution in [1.82, 2.24) is 14.9 Å². The van der Waals surface area contributed by atoms with Crippen molar-refractivity contribution in [3.63, 3.8) is 0 Å². The molecule has 3 aromatic rings. The maximum Gasteiger partial charge on any atom is 0.226 e. The van der Waals surface area contributed by atoms with Crippen molar-refractivity contribution >= 4 is 0 Å². The molecule has 5 nitrogen and oxygen atoms in total. The van der Waals surface area contributed by atoms with E-state index in [1.807, 2.05) is 37.5 Å². The van der Waals surface area contributed by atoms with Crippen molar-refractivity contribution in [1.29, 1.82) is 0 Å². The quantitative estimate of drug-likeness (QED) is 0.583. The Hall–Kier alpha value is -2.66. The average molecular weight is 392 g/mol. The molecule has 1 aromatic carbocycles. The molecule has 0 radical (unpaired) electrons. The van der Waals surface area contributed by atoms with E-state index < -0.39 is 0 Å². The Balaban J connectivity index is 1.61. The number of hydrogen-bond donors (Lipinski definition) is 0. The fraction of sp³-hybridized carbons (Fsp3) is 0.417. The Kier molecular flexibility index (Phi) is 5.67. The van der Waals surface area contributed by atoms with Gasteiger partial charge in [0.25, 0.3) is 0 Å². The molecule has 0 spiro atoms. The van der Waals surface area contributed by atoms with Crippen LogP contribution in [-0.4, -0.2) is 28.5 Å². The second kappa shape index (κ2) is 8.37. The van der Waals surface area contributed by atoms with Gasteiger partial charge in [-0.3, -0.25) is 9.88 Å². The van der Waals surface area contributed by atoms with Crippen LogP contribution in [0.3, 0.4) is 0 Å². The molecule has 152 valence electrons. The zero-order valence-electron chi connectivity index (χ0n) is 17.7. The third kappa shape index (κ3) is 3.92. The first kappa shape index (κ1) is 19.6. The van der Waals surface area contributed by atoms with Gasteiger partial charge in [-0.15, -0.1) is 0 Å². The molecular weight excluding hydrogens is 362 g/mol. The first-order valence-corrected chi connectivity index (χ1v) is 10.3. The molecule has 0 saturated carbocycles. The Morgan fingerprint density at radius 3 is 2.76 bits per heavy atom. The number of aryl methyl sites for hydroxylation is 1. The molecule has 0 amide bonds. The number of oxazole rings is 1. The average Bonchev–Trinajstić information content (AvgIpc) is 3.11. The van der Waals surface area contributed by atoms with E-state index in [4.69, 9.17) is 14.1 Å². The van der Waals surface area contributed by atoms with Crippen LogP contribution in [0.4, 0.5) is 0 Å². The number of nitrogens with zero attached hydrogens (tertiary/aromatic N) is 3. The number of ether oxygens (including phenoxy) is 1. The minimum Gasteiger partial charge on any atom is -0.496 e. The van der Waals surface area contributed by atoms with E-state index in [-0.39, 0.29) is 0 Å². The van der Waals surface area contributed by atoms with Gasteiger partial charge in [0, 0.05) is 30.5 Å². The molecular formula is C24H29N3O2. The molecule has 3 heterocycles. The predicted molar refractivity (Wildman–Crippen MR) is 114 cm³/mol. The Labute approximate surface area is 172 Å². The van der Waals surface area contributed by atoms with E-state index in [2.05, 4.69) is 29.8 Å². The van der Waals surface area contributed by atoms with Crippen molar-refractivity contribution in [2.45, 2.75) is 52.6 Å². The summed E-state index contributed by atoms with van der Waals surface area (Å²) in [7, 11) is 1.70. The van der Waals surface area contributed by atoms with Crippen molar-refractivity contribution in [3.8, 4) is 17.2 Å². The fourth-order valence-electron chi connectivity index (χ4n) is 4.26. The fourth-order valence-corrected chi connectivity index (χ4v) is 4.26. The van der Waals surface area contributed by atoms with Gasteiger partial charge in [-0.25, -0.2) is 4.98 Å². The normalized spacial score (nSPS) is 17.4. The molecule has 0 aliphatic carbocycles. The van der Waals surface area contributed by atoms with E-state index in [1.54, 1.807) is 7.11 Å². The standard InChI is InChI=1S/C24H29N3O2/c1-16-17(2)23(28-4)11-10-20(16)24-26-21(18(3)29-24)15-27-13-6-5-9-22(27)19-8-7-12-25-14-19/h7-8,10-12,14,22H,5-6,9,13,15H2,1-4H3/t22-/m1/s1. The Morgan fingerprint density at radius 2 is 2.00 bits per heavy atom. The number of hydrogen-bond acceptors (Lipinski definition) is 5. The van der Waals surface area contributed by atoms with E-state index >= 15 is 0 Å². The maximum absolute atomic E-state index is 6.10. The van der Waals surface area contributed by atoms with Gasteiger partial charge < -0.3 is 9.15 Å². The lowest BCUT2D eigenvalue weighted by atomic mass is 9.96. The minimum atomic E-state index is 0.391. The van der Waals surface area contributed by atoms with Crippen LogP contribution in [0.2, 0.25) is 0 Å². The summed E-state index contributed by atoms with van der Waals surface area (Å²) in [6.45, 7) is 8.04. The molecule has 0 bridgehead atoms. The highest BCUT2D eigenvalue weighted by molar-refractivity contribution is 5.63. The lowest BCUT2D eigenvalue weighted by Crippen LogP contribution is -2.33. The van der Waals surface area contributed by atoms with E-state index in [0.717, 1.165) is 53.4 Å². The molecule has 2 aromatic heterocycles. The van der Waals surface area contributed by atoms with E-state index in [1.165, 1.54) is 18.4 Å². The van der Waals surface area contributed by atoms with Gasteiger partial charge >= 0.3 is 0 Å². The zero-order chi connectivity index (χ0) is 20.4. The van der Waals surface area contributed by atoms with Gasteiger partial charge in [0.1, 0.15) is 11.5 Å². The molecule has 0 N–H and O–H groups in total. The van der Waals surface area contributed by atoms with Crippen molar-refractivity contribution in [2.75, 3.05) is 13.7 Å². The summed E-state index contributed by atoms with van der Waals surface area (Å²) < 4.78 is 11.5. The second-order valence-electron chi connectivity index (χ2n) is 7.86. The van der Waals surface area contributed by atoms with Crippen LogP contribution in [0.15, 0.2) is 41.1 Å². The highest BCUT2D eigenvalue weighted by Crippen LogP contribution is 2.34. The van der Waals surface area contributed by atoms with Crippen molar-refractivity contribution in [3.05, 3.63) is 64.8 Å². The number of likely N-dealkylation sites (tertiary alicyclic amines) is 1. The third-order valence-corrected chi connectivity index (χ3v) is 6.12. The van der Waals surface area contributed by atoms with Gasteiger partial charge in [0.05, 0.1) is 12.8 Å². The smallest absolute Gasteiger partial charge is 0.226 e.